The quantitative estimate of drug-likeness (QED) is 0.653. The van der Waals surface area contributed by atoms with Gasteiger partial charge in [-0.25, -0.2) is 4.98 Å². The molecule has 0 fully saturated rings. The molecule has 0 amide bonds. The molecule has 0 saturated carbocycles. The van der Waals surface area contributed by atoms with E-state index in [0.717, 1.165) is 28.8 Å². The predicted octanol–water partition coefficient (Wildman–Crippen LogP) is 4.49. The van der Waals surface area contributed by atoms with Crippen molar-refractivity contribution in [3.05, 3.63) is 79.8 Å². The van der Waals surface area contributed by atoms with E-state index in [-0.39, 0.29) is 5.56 Å². The zero-order chi connectivity index (χ0) is 16.0. The standard InChI is InChI=1S/C18H12Cl2N2O/c19-13-3-1-2-11(9-13)8-12-4-6-15-17(12)21-16-7-5-14(20)10-22(16)18(15)23/h1-3,5,7-10H,4,6H2/b12-8-. The summed E-state index contributed by atoms with van der Waals surface area (Å²) in [4.78, 5) is 17.3. The number of rotatable bonds is 1. The molecule has 0 saturated heterocycles. The van der Waals surface area contributed by atoms with Crippen LogP contribution in [-0.2, 0) is 6.42 Å². The summed E-state index contributed by atoms with van der Waals surface area (Å²) in [5, 5.41) is 1.22. The lowest BCUT2D eigenvalue weighted by atomic mass is 10.1. The largest absolute Gasteiger partial charge is 0.269 e. The first kappa shape index (κ1) is 14.5. The summed E-state index contributed by atoms with van der Waals surface area (Å²) >= 11 is 12.0. The number of hydrogen-bond acceptors (Lipinski definition) is 2. The summed E-state index contributed by atoms with van der Waals surface area (Å²) in [7, 11) is 0. The average molecular weight is 343 g/mol. The summed E-state index contributed by atoms with van der Waals surface area (Å²) in [6.45, 7) is 0. The molecule has 114 valence electrons. The smallest absolute Gasteiger partial charge is 0.261 e. The maximum absolute atomic E-state index is 12.6. The van der Waals surface area contributed by atoms with Gasteiger partial charge in [-0.3, -0.25) is 9.20 Å². The molecule has 3 aromatic rings. The van der Waals surface area contributed by atoms with Gasteiger partial charge in [0.25, 0.3) is 5.56 Å². The highest BCUT2D eigenvalue weighted by atomic mass is 35.5. The van der Waals surface area contributed by atoms with Gasteiger partial charge >= 0.3 is 0 Å². The Morgan fingerprint density at radius 2 is 1.96 bits per heavy atom. The van der Waals surface area contributed by atoms with Crippen LogP contribution in [0.25, 0.3) is 17.3 Å². The number of pyridine rings is 1. The number of halogens is 2. The second-order valence-corrected chi connectivity index (χ2v) is 6.42. The molecule has 1 aromatic carbocycles. The first-order valence-electron chi connectivity index (χ1n) is 7.29. The van der Waals surface area contributed by atoms with Gasteiger partial charge in [0.05, 0.1) is 10.7 Å². The molecule has 1 aliphatic rings. The summed E-state index contributed by atoms with van der Waals surface area (Å²) in [5.74, 6) is 0. The molecule has 23 heavy (non-hydrogen) atoms. The second-order valence-electron chi connectivity index (χ2n) is 5.54. The number of benzene rings is 1. The molecule has 2 heterocycles. The Kier molecular flexibility index (Phi) is 3.47. The SMILES string of the molecule is O=c1c2c(nc3ccc(Cl)cn13)/C(=C\c1cccc(Cl)c1)CC2. The van der Waals surface area contributed by atoms with Crippen molar-refractivity contribution in [3.63, 3.8) is 0 Å². The Bertz CT molecular complexity index is 1020. The van der Waals surface area contributed by atoms with Gasteiger partial charge in [-0.05, 0) is 54.3 Å². The molecule has 3 nitrogen and oxygen atoms in total. The maximum atomic E-state index is 12.6. The van der Waals surface area contributed by atoms with Crippen LogP contribution in [0.2, 0.25) is 10.0 Å². The van der Waals surface area contributed by atoms with Crippen LogP contribution in [0.3, 0.4) is 0 Å². The summed E-state index contributed by atoms with van der Waals surface area (Å²) in [6.07, 6.45) is 5.17. The second kappa shape index (κ2) is 5.52. The van der Waals surface area contributed by atoms with Gasteiger partial charge in [-0.1, -0.05) is 35.3 Å². The van der Waals surface area contributed by atoms with Gasteiger partial charge in [0.1, 0.15) is 5.65 Å². The van der Waals surface area contributed by atoms with Crippen LogP contribution in [0.15, 0.2) is 47.4 Å². The highest BCUT2D eigenvalue weighted by Gasteiger charge is 2.22. The zero-order valence-corrected chi connectivity index (χ0v) is 13.6. The fourth-order valence-electron chi connectivity index (χ4n) is 2.96. The van der Waals surface area contributed by atoms with E-state index in [4.69, 9.17) is 23.2 Å². The molecule has 2 aromatic heterocycles. The number of nitrogens with zero attached hydrogens (tertiary/aromatic N) is 2. The van der Waals surface area contributed by atoms with E-state index in [1.807, 2.05) is 24.3 Å². The summed E-state index contributed by atoms with van der Waals surface area (Å²) < 4.78 is 1.52. The van der Waals surface area contributed by atoms with Crippen LogP contribution in [0, 0.1) is 0 Å². The van der Waals surface area contributed by atoms with Crippen LogP contribution in [-0.4, -0.2) is 9.38 Å². The Balaban J connectivity index is 1.90. The predicted molar refractivity (Wildman–Crippen MR) is 94.1 cm³/mol. The molecule has 0 unspecified atom stereocenters. The third-order valence-corrected chi connectivity index (χ3v) is 4.48. The minimum Gasteiger partial charge on any atom is -0.269 e. The molecule has 0 radical (unpaired) electrons. The maximum Gasteiger partial charge on any atom is 0.261 e. The van der Waals surface area contributed by atoms with Gasteiger partial charge in [-0.15, -0.1) is 0 Å². The number of hydrogen-bond donors (Lipinski definition) is 0. The molecule has 4 rings (SSSR count). The minimum absolute atomic E-state index is 0.0398. The van der Waals surface area contributed by atoms with Crippen LogP contribution in [0.5, 0.6) is 0 Å². The van der Waals surface area contributed by atoms with Crippen molar-refractivity contribution in [3.8, 4) is 0 Å². The molecule has 0 atom stereocenters. The molecule has 5 heteroatoms. The third kappa shape index (κ3) is 2.56. The van der Waals surface area contributed by atoms with Gasteiger partial charge in [0.15, 0.2) is 0 Å². The topological polar surface area (TPSA) is 34.4 Å². The van der Waals surface area contributed by atoms with Crippen molar-refractivity contribution in [2.75, 3.05) is 0 Å². The molecule has 0 N–H and O–H groups in total. The van der Waals surface area contributed by atoms with Crippen LogP contribution < -0.4 is 5.56 Å². The van der Waals surface area contributed by atoms with Gasteiger partial charge in [-0.2, -0.15) is 0 Å². The normalized spacial score (nSPS) is 15.3. The van der Waals surface area contributed by atoms with E-state index >= 15 is 0 Å². The summed E-state index contributed by atoms with van der Waals surface area (Å²) in [5.41, 5.74) is 4.18. The highest BCUT2D eigenvalue weighted by molar-refractivity contribution is 6.30. The van der Waals surface area contributed by atoms with Crippen LogP contribution in [0.4, 0.5) is 0 Å². The van der Waals surface area contributed by atoms with Crippen molar-refractivity contribution >= 4 is 40.5 Å². The lowest BCUT2D eigenvalue weighted by Gasteiger charge is -2.05. The lowest BCUT2D eigenvalue weighted by molar-refractivity contribution is 0.971. The molecule has 1 aliphatic carbocycles. The number of fused-ring (bicyclic) bond motifs is 2. The Morgan fingerprint density at radius 3 is 2.78 bits per heavy atom. The van der Waals surface area contributed by atoms with E-state index in [9.17, 15) is 4.79 Å². The lowest BCUT2D eigenvalue weighted by Crippen LogP contribution is -2.19. The van der Waals surface area contributed by atoms with E-state index in [1.54, 1.807) is 18.3 Å². The molecular formula is C18H12Cl2N2O. The fourth-order valence-corrected chi connectivity index (χ4v) is 3.32. The van der Waals surface area contributed by atoms with E-state index in [1.165, 1.54) is 4.40 Å². The zero-order valence-electron chi connectivity index (χ0n) is 12.1. The number of aromatic nitrogens is 2. The van der Waals surface area contributed by atoms with Crippen molar-refractivity contribution in [2.45, 2.75) is 12.8 Å². The first-order valence-corrected chi connectivity index (χ1v) is 8.05. The van der Waals surface area contributed by atoms with Crippen molar-refractivity contribution in [1.82, 2.24) is 9.38 Å². The Morgan fingerprint density at radius 1 is 1.09 bits per heavy atom. The van der Waals surface area contributed by atoms with Crippen molar-refractivity contribution < 1.29 is 0 Å². The number of allylic oxidation sites excluding steroid dienone is 1. The molecular weight excluding hydrogens is 331 g/mol. The van der Waals surface area contributed by atoms with E-state index < -0.39 is 0 Å². The van der Waals surface area contributed by atoms with Gasteiger partial charge in [0, 0.05) is 16.8 Å². The Labute approximate surface area is 142 Å². The van der Waals surface area contributed by atoms with Gasteiger partial charge < -0.3 is 0 Å². The van der Waals surface area contributed by atoms with Crippen molar-refractivity contribution in [1.29, 1.82) is 0 Å². The Hall–Kier alpha value is -2.10. The van der Waals surface area contributed by atoms with E-state index in [2.05, 4.69) is 11.1 Å². The highest BCUT2D eigenvalue weighted by Crippen LogP contribution is 2.31. The minimum atomic E-state index is -0.0398. The molecule has 0 spiro atoms. The third-order valence-electron chi connectivity index (χ3n) is 4.02. The van der Waals surface area contributed by atoms with Crippen LogP contribution in [0.1, 0.15) is 23.2 Å². The molecule has 0 aliphatic heterocycles. The van der Waals surface area contributed by atoms with Crippen molar-refractivity contribution in [2.24, 2.45) is 0 Å². The summed E-state index contributed by atoms with van der Waals surface area (Å²) in [6, 6.07) is 11.2. The average Bonchev–Trinajstić information content (AvgIpc) is 2.92. The van der Waals surface area contributed by atoms with Gasteiger partial charge in [0.2, 0.25) is 0 Å². The molecule has 0 bridgehead atoms. The fraction of sp³-hybridized carbons (Fsp3) is 0.111. The van der Waals surface area contributed by atoms with Crippen LogP contribution >= 0.6 is 23.2 Å². The van der Waals surface area contributed by atoms with E-state index in [0.29, 0.717) is 22.1 Å². The monoisotopic (exact) mass is 342 g/mol. The first-order chi connectivity index (χ1) is 11.1.